The molecule has 0 aliphatic rings. The molecule has 0 saturated carbocycles. The van der Waals surface area contributed by atoms with Crippen molar-refractivity contribution in [2.45, 2.75) is 33.6 Å². The van der Waals surface area contributed by atoms with Crippen LogP contribution in [0.15, 0.2) is 0 Å². The molecule has 0 atom stereocenters. The van der Waals surface area contributed by atoms with E-state index in [0.29, 0.717) is 26.1 Å². The SMILES string of the molecule is CC(C)(C)COC(=O)OCCCCO. The Hall–Kier alpha value is -0.770. The second-order valence-electron chi connectivity index (χ2n) is 4.38. The molecule has 0 spiro atoms. The molecule has 0 fully saturated rings. The lowest BCUT2D eigenvalue weighted by molar-refractivity contribution is 0.0318. The molecule has 0 aromatic heterocycles. The maximum Gasteiger partial charge on any atom is 0.508 e. The average Bonchev–Trinajstić information content (AvgIpc) is 2.08. The molecule has 0 unspecified atom stereocenters. The van der Waals surface area contributed by atoms with Gasteiger partial charge in [-0.1, -0.05) is 20.8 Å². The van der Waals surface area contributed by atoms with Crippen molar-refractivity contribution < 1.29 is 19.4 Å². The zero-order valence-corrected chi connectivity index (χ0v) is 9.21. The largest absolute Gasteiger partial charge is 0.508 e. The van der Waals surface area contributed by atoms with Gasteiger partial charge in [-0.05, 0) is 18.3 Å². The molecular weight excluding hydrogens is 184 g/mol. The maximum atomic E-state index is 10.9. The predicted octanol–water partition coefficient (Wildman–Crippen LogP) is 1.96. The predicted molar refractivity (Wildman–Crippen MR) is 53.1 cm³/mol. The summed E-state index contributed by atoms with van der Waals surface area (Å²) in [6.45, 7) is 6.72. The molecule has 1 N–H and O–H groups in total. The maximum absolute atomic E-state index is 10.9. The van der Waals surface area contributed by atoms with Gasteiger partial charge < -0.3 is 14.6 Å². The van der Waals surface area contributed by atoms with Crippen LogP contribution < -0.4 is 0 Å². The van der Waals surface area contributed by atoms with Crippen molar-refractivity contribution in [3.05, 3.63) is 0 Å². The number of hydrogen-bond donors (Lipinski definition) is 1. The molecule has 0 aliphatic carbocycles. The lowest BCUT2D eigenvalue weighted by Crippen LogP contribution is -2.19. The number of ether oxygens (including phenoxy) is 2. The fourth-order valence-corrected chi connectivity index (χ4v) is 0.686. The minimum absolute atomic E-state index is 0.0376. The fourth-order valence-electron chi connectivity index (χ4n) is 0.686. The highest BCUT2D eigenvalue weighted by molar-refractivity contribution is 5.59. The van der Waals surface area contributed by atoms with E-state index in [4.69, 9.17) is 14.6 Å². The summed E-state index contributed by atoms with van der Waals surface area (Å²) in [7, 11) is 0. The molecule has 0 radical (unpaired) electrons. The van der Waals surface area contributed by atoms with E-state index in [0.717, 1.165) is 0 Å². The lowest BCUT2D eigenvalue weighted by Gasteiger charge is -2.17. The van der Waals surface area contributed by atoms with Gasteiger partial charge in [-0.15, -0.1) is 0 Å². The number of hydrogen-bond acceptors (Lipinski definition) is 4. The van der Waals surface area contributed by atoms with Gasteiger partial charge in [0.1, 0.15) is 0 Å². The van der Waals surface area contributed by atoms with Gasteiger partial charge in [0.25, 0.3) is 0 Å². The summed E-state index contributed by atoms with van der Waals surface area (Å²) in [6, 6.07) is 0. The van der Waals surface area contributed by atoms with Gasteiger partial charge in [-0.2, -0.15) is 0 Å². The zero-order valence-electron chi connectivity index (χ0n) is 9.21. The molecule has 0 saturated heterocycles. The molecular formula is C10H20O4. The fraction of sp³-hybridized carbons (Fsp3) is 0.900. The second kappa shape index (κ2) is 6.65. The minimum Gasteiger partial charge on any atom is -0.434 e. The summed E-state index contributed by atoms with van der Waals surface area (Å²) in [5.74, 6) is 0. The van der Waals surface area contributed by atoms with Crippen LogP contribution in [0.3, 0.4) is 0 Å². The van der Waals surface area contributed by atoms with E-state index in [9.17, 15) is 4.79 Å². The third-order valence-corrected chi connectivity index (χ3v) is 1.40. The van der Waals surface area contributed by atoms with Crippen molar-refractivity contribution in [3.8, 4) is 0 Å². The molecule has 0 amide bonds. The molecule has 0 bridgehead atoms. The first-order valence-electron chi connectivity index (χ1n) is 4.86. The number of carbonyl (C=O) groups excluding carboxylic acids is 1. The van der Waals surface area contributed by atoms with Gasteiger partial charge in [0.2, 0.25) is 0 Å². The summed E-state index contributed by atoms with van der Waals surface area (Å²) in [6.07, 6.45) is 0.686. The number of unbranched alkanes of at least 4 members (excludes halogenated alkanes) is 1. The van der Waals surface area contributed by atoms with E-state index < -0.39 is 6.16 Å². The van der Waals surface area contributed by atoms with Gasteiger partial charge in [0, 0.05) is 6.61 Å². The van der Waals surface area contributed by atoms with Crippen molar-refractivity contribution >= 4 is 6.16 Å². The quantitative estimate of drug-likeness (QED) is 0.549. The molecule has 4 nitrogen and oxygen atoms in total. The number of rotatable bonds is 5. The highest BCUT2D eigenvalue weighted by Gasteiger charge is 2.14. The third-order valence-electron chi connectivity index (χ3n) is 1.40. The molecule has 0 aromatic rings. The first kappa shape index (κ1) is 13.2. The van der Waals surface area contributed by atoms with Crippen molar-refractivity contribution in [3.63, 3.8) is 0 Å². The lowest BCUT2D eigenvalue weighted by atomic mass is 9.99. The van der Waals surface area contributed by atoms with Gasteiger partial charge in [0.05, 0.1) is 13.2 Å². The Morgan fingerprint density at radius 2 is 1.86 bits per heavy atom. The second-order valence-corrected chi connectivity index (χ2v) is 4.38. The van der Waals surface area contributed by atoms with Crippen molar-refractivity contribution in [1.29, 1.82) is 0 Å². The first-order chi connectivity index (χ1) is 6.45. The third kappa shape index (κ3) is 9.32. The van der Waals surface area contributed by atoms with E-state index in [2.05, 4.69) is 0 Å². The van der Waals surface area contributed by atoms with Crippen LogP contribution >= 0.6 is 0 Å². The minimum atomic E-state index is -0.627. The molecule has 0 heterocycles. The van der Waals surface area contributed by atoms with E-state index in [1.54, 1.807) is 0 Å². The Bertz CT molecular complexity index is 160. The summed E-state index contributed by atoms with van der Waals surface area (Å²) >= 11 is 0. The van der Waals surface area contributed by atoms with Crippen LogP contribution in [0.2, 0.25) is 0 Å². The molecule has 4 heteroatoms. The van der Waals surface area contributed by atoms with Gasteiger partial charge in [-0.3, -0.25) is 0 Å². The average molecular weight is 204 g/mol. The molecule has 84 valence electrons. The Morgan fingerprint density at radius 3 is 2.36 bits per heavy atom. The Kier molecular flexibility index (Phi) is 6.28. The Morgan fingerprint density at radius 1 is 1.21 bits per heavy atom. The van der Waals surface area contributed by atoms with Gasteiger partial charge in [0.15, 0.2) is 0 Å². The number of aliphatic hydroxyl groups is 1. The van der Waals surface area contributed by atoms with Crippen LogP contribution in [0.5, 0.6) is 0 Å². The standard InChI is InChI=1S/C10H20O4/c1-10(2,3)8-14-9(12)13-7-5-4-6-11/h11H,4-8H2,1-3H3. The van der Waals surface area contributed by atoms with E-state index >= 15 is 0 Å². The zero-order chi connectivity index (χ0) is 11.0. The van der Waals surface area contributed by atoms with Crippen LogP contribution in [-0.4, -0.2) is 31.1 Å². The van der Waals surface area contributed by atoms with Crippen LogP contribution in [0, 0.1) is 5.41 Å². The number of carbonyl (C=O) groups is 1. The summed E-state index contributed by atoms with van der Waals surface area (Å²) < 4.78 is 9.63. The summed E-state index contributed by atoms with van der Waals surface area (Å²) in [4.78, 5) is 10.9. The van der Waals surface area contributed by atoms with Crippen molar-refractivity contribution in [1.82, 2.24) is 0 Å². The Balaban J connectivity index is 3.38. The summed E-state index contributed by atoms with van der Waals surface area (Å²) in [5, 5.41) is 8.47. The highest BCUT2D eigenvalue weighted by atomic mass is 16.7. The van der Waals surface area contributed by atoms with Crippen LogP contribution in [0.25, 0.3) is 0 Å². The normalized spacial score (nSPS) is 11.1. The topological polar surface area (TPSA) is 55.8 Å². The Labute approximate surface area is 85.2 Å². The monoisotopic (exact) mass is 204 g/mol. The molecule has 0 aliphatic heterocycles. The van der Waals surface area contributed by atoms with Crippen molar-refractivity contribution in [2.75, 3.05) is 19.8 Å². The van der Waals surface area contributed by atoms with E-state index in [1.165, 1.54) is 0 Å². The van der Waals surface area contributed by atoms with E-state index in [-0.39, 0.29) is 12.0 Å². The van der Waals surface area contributed by atoms with Crippen LogP contribution in [0.1, 0.15) is 33.6 Å². The molecule has 0 aromatic carbocycles. The number of aliphatic hydroxyl groups excluding tert-OH is 1. The van der Waals surface area contributed by atoms with Crippen molar-refractivity contribution in [2.24, 2.45) is 5.41 Å². The van der Waals surface area contributed by atoms with Gasteiger partial charge >= 0.3 is 6.16 Å². The van der Waals surface area contributed by atoms with Gasteiger partial charge in [-0.25, -0.2) is 4.79 Å². The smallest absolute Gasteiger partial charge is 0.434 e. The van der Waals surface area contributed by atoms with Crippen LogP contribution in [0.4, 0.5) is 4.79 Å². The summed E-state index contributed by atoms with van der Waals surface area (Å²) in [5.41, 5.74) is -0.0376. The molecule has 0 rings (SSSR count). The van der Waals surface area contributed by atoms with E-state index in [1.807, 2.05) is 20.8 Å². The molecule has 14 heavy (non-hydrogen) atoms. The highest BCUT2D eigenvalue weighted by Crippen LogP contribution is 2.13. The first-order valence-corrected chi connectivity index (χ1v) is 4.86. The van der Waals surface area contributed by atoms with Crippen LogP contribution in [-0.2, 0) is 9.47 Å².